The molecule has 168 valence electrons. The first-order valence-electron chi connectivity index (χ1n) is 9.73. The number of thioether (sulfide) groups is 1. The second kappa shape index (κ2) is 9.03. The third-order valence-corrected chi connectivity index (χ3v) is 6.03. The molecule has 1 atom stereocenters. The lowest BCUT2D eigenvalue weighted by atomic mass is 10.1. The van der Waals surface area contributed by atoms with E-state index in [1.165, 1.54) is 40.9 Å². The van der Waals surface area contributed by atoms with Gasteiger partial charge in [0.25, 0.3) is 5.91 Å². The zero-order valence-electron chi connectivity index (χ0n) is 16.9. The minimum atomic E-state index is -4.50. The number of nitriles is 1. The van der Waals surface area contributed by atoms with Gasteiger partial charge in [0.15, 0.2) is 5.76 Å². The van der Waals surface area contributed by atoms with E-state index in [2.05, 4.69) is 5.32 Å². The molecule has 0 spiro atoms. The highest BCUT2D eigenvalue weighted by Crippen LogP contribution is 2.33. The number of rotatable bonds is 4. The normalized spacial score (nSPS) is 15.8. The van der Waals surface area contributed by atoms with Crippen molar-refractivity contribution in [3.63, 3.8) is 0 Å². The Bertz CT molecular complexity index is 1230. The van der Waals surface area contributed by atoms with Crippen molar-refractivity contribution in [1.82, 2.24) is 4.90 Å². The van der Waals surface area contributed by atoms with Crippen LogP contribution in [-0.4, -0.2) is 34.4 Å². The van der Waals surface area contributed by atoms with Crippen LogP contribution in [0.4, 0.5) is 18.9 Å². The average molecular weight is 471 g/mol. The molecular weight excluding hydrogens is 455 g/mol. The van der Waals surface area contributed by atoms with Gasteiger partial charge in [-0.3, -0.25) is 9.59 Å². The maximum atomic E-state index is 13.0. The lowest BCUT2D eigenvalue weighted by Crippen LogP contribution is -2.44. The fourth-order valence-electron chi connectivity index (χ4n) is 3.31. The summed E-state index contributed by atoms with van der Waals surface area (Å²) in [5.41, 5.74) is 0.318. The first kappa shape index (κ1) is 22.5. The minimum Gasteiger partial charge on any atom is -0.451 e. The maximum Gasteiger partial charge on any atom is 0.416 e. The molecule has 4 rings (SSSR count). The number of anilines is 1. The standard InChI is InChI=1S/C23H16F3N3O3S/c24-23(25,26)16-3-1-2-15(10-16)19-8-9-20(32-19)22(31)29-13-33-12-18(29)21(30)28-17-6-4-14(11-27)5-7-17/h1-10,18H,12-13H2,(H,28,30). The number of carbonyl (C=O) groups excluding carboxylic acids is 2. The van der Waals surface area contributed by atoms with E-state index in [1.54, 1.807) is 24.3 Å². The molecular formula is C23H16F3N3O3S. The van der Waals surface area contributed by atoms with E-state index in [9.17, 15) is 22.8 Å². The summed E-state index contributed by atoms with van der Waals surface area (Å²) in [6.45, 7) is 0. The summed E-state index contributed by atoms with van der Waals surface area (Å²) in [5.74, 6) is -0.212. The largest absolute Gasteiger partial charge is 0.451 e. The second-order valence-electron chi connectivity index (χ2n) is 7.21. The number of nitrogens with zero attached hydrogens (tertiary/aromatic N) is 2. The molecule has 1 fully saturated rings. The van der Waals surface area contributed by atoms with E-state index >= 15 is 0 Å². The third-order valence-electron chi connectivity index (χ3n) is 5.02. The van der Waals surface area contributed by atoms with Crippen LogP contribution in [0, 0.1) is 11.3 Å². The second-order valence-corrected chi connectivity index (χ2v) is 8.21. The molecule has 2 amide bonds. The van der Waals surface area contributed by atoms with Gasteiger partial charge in [-0.15, -0.1) is 11.8 Å². The first-order chi connectivity index (χ1) is 15.8. The van der Waals surface area contributed by atoms with Gasteiger partial charge in [-0.2, -0.15) is 18.4 Å². The van der Waals surface area contributed by atoms with Crippen molar-refractivity contribution >= 4 is 29.3 Å². The Labute approximate surface area is 191 Å². The highest BCUT2D eigenvalue weighted by atomic mass is 32.2. The average Bonchev–Trinajstić information content (AvgIpc) is 3.49. The molecule has 1 aliphatic rings. The quantitative estimate of drug-likeness (QED) is 0.579. The molecule has 3 aromatic rings. The molecule has 2 heterocycles. The van der Waals surface area contributed by atoms with Gasteiger partial charge in [-0.1, -0.05) is 12.1 Å². The Morgan fingerprint density at radius 1 is 1.12 bits per heavy atom. The zero-order valence-corrected chi connectivity index (χ0v) is 17.7. The van der Waals surface area contributed by atoms with Gasteiger partial charge < -0.3 is 14.6 Å². The fraction of sp³-hybridized carbons (Fsp3) is 0.174. The number of hydrogen-bond acceptors (Lipinski definition) is 5. The lowest BCUT2D eigenvalue weighted by Gasteiger charge is -2.22. The fourth-order valence-corrected chi connectivity index (χ4v) is 4.47. The Hall–Kier alpha value is -3.71. The van der Waals surface area contributed by atoms with Crippen molar-refractivity contribution in [2.24, 2.45) is 0 Å². The molecule has 1 aromatic heterocycles. The van der Waals surface area contributed by atoms with Crippen LogP contribution < -0.4 is 5.32 Å². The summed E-state index contributed by atoms with van der Waals surface area (Å²) in [7, 11) is 0. The van der Waals surface area contributed by atoms with Crippen molar-refractivity contribution in [2.75, 3.05) is 16.9 Å². The number of hydrogen-bond donors (Lipinski definition) is 1. The van der Waals surface area contributed by atoms with Crippen LogP contribution in [0.1, 0.15) is 21.7 Å². The summed E-state index contributed by atoms with van der Waals surface area (Å²) in [5, 5.41) is 11.6. The van der Waals surface area contributed by atoms with Gasteiger partial charge in [0, 0.05) is 17.0 Å². The molecule has 0 aliphatic carbocycles. The summed E-state index contributed by atoms with van der Waals surface area (Å²) in [4.78, 5) is 27.1. The molecule has 0 bridgehead atoms. The van der Waals surface area contributed by atoms with Crippen LogP contribution >= 0.6 is 11.8 Å². The number of benzene rings is 2. The van der Waals surface area contributed by atoms with Crippen LogP contribution in [0.5, 0.6) is 0 Å². The smallest absolute Gasteiger partial charge is 0.416 e. The number of furan rings is 1. The summed E-state index contributed by atoms with van der Waals surface area (Å²) < 4.78 is 44.5. The van der Waals surface area contributed by atoms with Gasteiger partial charge in [-0.25, -0.2) is 0 Å². The molecule has 1 unspecified atom stereocenters. The van der Waals surface area contributed by atoms with Crippen LogP contribution in [0.2, 0.25) is 0 Å². The highest BCUT2D eigenvalue weighted by Gasteiger charge is 2.36. The van der Waals surface area contributed by atoms with Crippen molar-refractivity contribution in [2.45, 2.75) is 12.2 Å². The Kier molecular flexibility index (Phi) is 6.16. The van der Waals surface area contributed by atoms with E-state index in [0.717, 1.165) is 12.1 Å². The topological polar surface area (TPSA) is 86.3 Å². The molecule has 0 saturated carbocycles. The maximum absolute atomic E-state index is 13.0. The van der Waals surface area contributed by atoms with Gasteiger partial charge in [0.2, 0.25) is 5.91 Å². The molecule has 0 radical (unpaired) electrons. The third kappa shape index (κ3) is 4.88. The highest BCUT2D eigenvalue weighted by molar-refractivity contribution is 7.99. The zero-order chi connectivity index (χ0) is 23.6. The van der Waals surface area contributed by atoms with Gasteiger partial charge in [0.1, 0.15) is 11.8 Å². The van der Waals surface area contributed by atoms with E-state index in [4.69, 9.17) is 9.68 Å². The Morgan fingerprint density at radius 2 is 1.88 bits per heavy atom. The van der Waals surface area contributed by atoms with E-state index in [0.29, 0.717) is 17.0 Å². The molecule has 2 aromatic carbocycles. The number of alkyl halides is 3. The predicted molar refractivity (Wildman–Crippen MR) is 116 cm³/mol. The summed E-state index contributed by atoms with van der Waals surface area (Å²) in [6.07, 6.45) is -4.50. The molecule has 33 heavy (non-hydrogen) atoms. The van der Waals surface area contributed by atoms with E-state index in [-0.39, 0.29) is 28.9 Å². The van der Waals surface area contributed by atoms with Crippen molar-refractivity contribution in [1.29, 1.82) is 5.26 Å². The molecule has 1 saturated heterocycles. The molecule has 6 nitrogen and oxygen atoms in total. The van der Waals surface area contributed by atoms with Crippen molar-refractivity contribution in [3.8, 4) is 17.4 Å². The van der Waals surface area contributed by atoms with Gasteiger partial charge in [-0.05, 0) is 48.5 Å². The van der Waals surface area contributed by atoms with Crippen molar-refractivity contribution in [3.05, 3.63) is 77.6 Å². The number of halogens is 3. The molecule has 1 N–H and O–H groups in total. The summed E-state index contributed by atoms with van der Waals surface area (Å²) >= 11 is 1.40. The number of nitrogens with one attached hydrogen (secondary N) is 1. The Balaban J connectivity index is 1.49. The van der Waals surface area contributed by atoms with E-state index < -0.39 is 23.7 Å². The molecule has 1 aliphatic heterocycles. The monoisotopic (exact) mass is 471 g/mol. The van der Waals surface area contributed by atoms with Crippen LogP contribution in [0.15, 0.2) is 65.1 Å². The van der Waals surface area contributed by atoms with Crippen LogP contribution in [-0.2, 0) is 11.0 Å². The van der Waals surface area contributed by atoms with E-state index in [1.807, 2.05) is 6.07 Å². The van der Waals surface area contributed by atoms with Crippen LogP contribution in [0.25, 0.3) is 11.3 Å². The first-order valence-corrected chi connectivity index (χ1v) is 10.9. The number of carbonyl (C=O) groups is 2. The Morgan fingerprint density at radius 3 is 2.58 bits per heavy atom. The SMILES string of the molecule is N#Cc1ccc(NC(=O)C2CSCN2C(=O)c2ccc(-c3cccc(C(F)(F)F)c3)o2)cc1. The predicted octanol–water partition coefficient (Wildman–Crippen LogP) is 4.99. The van der Waals surface area contributed by atoms with Gasteiger partial charge >= 0.3 is 6.18 Å². The van der Waals surface area contributed by atoms with Crippen molar-refractivity contribution < 1.29 is 27.2 Å². The minimum absolute atomic E-state index is 0.0684. The number of amides is 2. The van der Waals surface area contributed by atoms with Gasteiger partial charge in [0.05, 0.1) is 23.1 Å². The van der Waals surface area contributed by atoms with Crippen LogP contribution in [0.3, 0.4) is 0 Å². The molecule has 10 heteroatoms. The summed E-state index contributed by atoms with van der Waals surface area (Å²) in [6, 6.07) is 15.0. The lowest BCUT2D eigenvalue weighted by molar-refractivity contribution is -0.137.